The molecule has 6 nitrogen and oxygen atoms in total. The number of nitrogens with one attached hydrogen (secondary N) is 1. The Labute approximate surface area is 122 Å². The first-order valence-electron chi connectivity index (χ1n) is 6.95. The maximum absolute atomic E-state index is 12.2. The molecule has 1 saturated heterocycles. The van der Waals surface area contributed by atoms with Gasteiger partial charge in [0.2, 0.25) is 0 Å². The van der Waals surface area contributed by atoms with Gasteiger partial charge in [0.25, 0.3) is 5.91 Å². The van der Waals surface area contributed by atoms with Crippen molar-refractivity contribution in [2.24, 2.45) is 0 Å². The largest absolute Gasteiger partial charge is 0.388 e. The third kappa shape index (κ3) is 3.17. The summed E-state index contributed by atoms with van der Waals surface area (Å²) in [5.41, 5.74) is 1.07. The van der Waals surface area contributed by atoms with Crippen LogP contribution in [0.1, 0.15) is 23.2 Å². The number of aliphatic hydroxyl groups is 1. The van der Waals surface area contributed by atoms with Crippen LogP contribution in [-0.2, 0) is 4.74 Å². The van der Waals surface area contributed by atoms with Crippen molar-refractivity contribution in [3.63, 3.8) is 0 Å². The van der Waals surface area contributed by atoms with E-state index in [9.17, 15) is 9.90 Å². The van der Waals surface area contributed by atoms with Crippen molar-refractivity contribution >= 4 is 16.9 Å². The van der Waals surface area contributed by atoms with E-state index in [1.54, 1.807) is 30.6 Å². The van der Waals surface area contributed by atoms with Crippen LogP contribution in [0.15, 0.2) is 30.6 Å². The standard InChI is InChI=1S/C15H17N3O3/c19-14(18-10-15(20)3-7-21-8-4-15)11-1-2-12-13(9-11)17-6-5-16-12/h1-2,5-6,9,20H,3-4,7-8,10H2,(H,18,19). The number of aromatic nitrogens is 2. The molecule has 2 heterocycles. The molecule has 1 amide bonds. The molecule has 1 aliphatic heterocycles. The van der Waals surface area contributed by atoms with Crippen molar-refractivity contribution < 1.29 is 14.6 Å². The van der Waals surface area contributed by atoms with Gasteiger partial charge in [-0.1, -0.05) is 0 Å². The molecular weight excluding hydrogens is 270 g/mol. The van der Waals surface area contributed by atoms with E-state index in [2.05, 4.69) is 15.3 Å². The van der Waals surface area contributed by atoms with Crippen molar-refractivity contribution in [2.45, 2.75) is 18.4 Å². The molecule has 2 N–H and O–H groups in total. The molecule has 0 saturated carbocycles. The number of benzene rings is 1. The summed E-state index contributed by atoms with van der Waals surface area (Å²) in [6, 6.07) is 5.17. The molecule has 110 valence electrons. The Hall–Kier alpha value is -2.05. The fourth-order valence-electron chi connectivity index (χ4n) is 2.38. The van der Waals surface area contributed by atoms with Crippen molar-refractivity contribution in [3.05, 3.63) is 36.2 Å². The van der Waals surface area contributed by atoms with Crippen LogP contribution in [0, 0.1) is 0 Å². The molecule has 0 atom stereocenters. The predicted molar refractivity (Wildman–Crippen MR) is 76.9 cm³/mol. The van der Waals surface area contributed by atoms with Crippen molar-refractivity contribution in [1.82, 2.24) is 15.3 Å². The van der Waals surface area contributed by atoms with E-state index in [1.165, 1.54) is 0 Å². The minimum atomic E-state index is -0.870. The molecule has 6 heteroatoms. The lowest BCUT2D eigenvalue weighted by molar-refractivity contribution is -0.0605. The Balaban J connectivity index is 1.69. The third-order valence-corrected chi connectivity index (χ3v) is 3.73. The van der Waals surface area contributed by atoms with Gasteiger partial charge in [-0.25, -0.2) is 0 Å². The van der Waals surface area contributed by atoms with E-state index in [-0.39, 0.29) is 12.5 Å². The van der Waals surface area contributed by atoms with Crippen LogP contribution in [0.25, 0.3) is 11.0 Å². The van der Waals surface area contributed by atoms with Gasteiger partial charge in [0.05, 0.1) is 16.6 Å². The summed E-state index contributed by atoms with van der Waals surface area (Å²) in [4.78, 5) is 20.5. The van der Waals surface area contributed by atoms with Gasteiger partial charge in [0.15, 0.2) is 0 Å². The quantitative estimate of drug-likeness (QED) is 0.876. The molecule has 3 rings (SSSR count). The highest BCUT2D eigenvalue weighted by molar-refractivity contribution is 5.97. The van der Waals surface area contributed by atoms with E-state index in [1.807, 2.05) is 0 Å². The lowest BCUT2D eigenvalue weighted by Gasteiger charge is -2.32. The highest BCUT2D eigenvalue weighted by Gasteiger charge is 2.30. The first-order valence-corrected chi connectivity index (χ1v) is 6.95. The summed E-state index contributed by atoms with van der Waals surface area (Å²) in [6.07, 6.45) is 4.28. The first kappa shape index (κ1) is 13.9. The zero-order valence-corrected chi connectivity index (χ0v) is 11.6. The first-order chi connectivity index (χ1) is 10.2. The summed E-state index contributed by atoms with van der Waals surface area (Å²) >= 11 is 0. The van der Waals surface area contributed by atoms with E-state index in [0.29, 0.717) is 37.1 Å². The zero-order valence-electron chi connectivity index (χ0n) is 11.6. The number of carbonyl (C=O) groups excluding carboxylic acids is 1. The Morgan fingerprint density at radius 2 is 1.95 bits per heavy atom. The second-order valence-electron chi connectivity index (χ2n) is 5.28. The molecule has 0 unspecified atom stereocenters. The van der Waals surface area contributed by atoms with E-state index in [0.717, 1.165) is 5.52 Å². The lowest BCUT2D eigenvalue weighted by atomic mass is 9.94. The normalized spacial score (nSPS) is 17.6. The minimum absolute atomic E-state index is 0.220. The van der Waals surface area contributed by atoms with Crippen LogP contribution in [-0.4, -0.2) is 46.3 Å². The number of rotatable bonds is 3. The second kappa shape index (κ2) is 5.75. The van der Waals surface area contributed by atoms with Gasteiger partial charge >= 0.3 is 0 Å². The summed E-state index contributed by atoms with van der Waals surface area (Å²) in [5, 5.41) is 13.1. The highest BCUT2D eigenvalue weighted by atomic mass is 16.5. The SMILES string of the molecule is O=C(NCC1(O)CCOCC1)c1ccc2nccnc2c1. The highest BCUT2D eigenvalue weighted by Crippen LogP contribution is 2.19. The monoisotopic (exact) mass is 287 g/mol. The number of fused-ring (bicyclic) bond motifs is 1. The summed E-state index contributed by atoms with van der Waals surface area (Å²) in [6.45, 7) is 1.28. The molecule has 0 aliphatic carbocycles. The van der Waals surface area contributed by atoms with Crippen LogP contribution in [0.3, 0.4) is 0 Å². The van der Waals surface area contributed by atoms with Crippen LogP contribution in [0.5, 0.6) is 0 Å². The van der Waals surface area contributed by atoms with Crippen LogP contribution < -0.4 is 5.32 Å². The third-order valence-electron chi connectivity index (χ3n) is 3.73. The van der Waals surface area contributed by atoms with Gasteiger partial charge in [-0.2, -0.15) is 0 Å². The van der Waals surface area contributed by atoms with Crippen LogP contribution in [0.2, 0.25) is 0 Å². The molecule has 0 spiro atoms. The van der Waals surface area contributed by atoms with Gasteiger partial charge in [-0.3, -0.25) is 14.8 Å². The average Bonchev–Trinajstić information content (AvgIpc) is 2.53. The molecule has 1 aliphatic rings. The molecule has 21 heavy (non-hydrogen) atoms. The van der Waals surface area contributed by atoms with Crippen molar-refractivity contribution in [3.8, 4) is 0 Å². The maximum Gasteiger partial charge on any atom is 0.251 e. The van der Waals surface area contributed by atoms with Crippen molar-refractivity contribution in [1.29, 1.82) is 0 Å². The molecule has 0 bridgehead atoms. The van der Waals surface area contributed by atoms with Gasteiger partial charge in [-0.05, 0) is 18.2 Å². The maximum atomic E-state index is 12.2. The topological polar surface area (TPSA) is 84.3 Å². The Morgan fingerprint density at radius 3 is 2.71 bits per heavy atom. The van der Waals surface area contributed by atoms with Gasteiger partial charge in [-0.15, -0.1) is 0 Å². The van der Waals surface area contributed by atoms with Crippen LogP contribution in [0.4, 0.5) is 0 Å². The fourth-order valence-corrected chi connectivity index (χ4v) is 2.38. The Bertz CT molecular complexity index is 653. The fraction of sp³-hybridized carbons (Fsp3) is 0.400. The number of ether oxygens (including phenoxy) is 1. The lowest BCUT2D eigenvalue weighted by Crippen LogP contribution is -2.46. The average molecular weight is 287 g/mol. The number of carbonyl (C=O) groups is 1. The van der Waals surface area contributed by atoms with E-state index in [4.69, 9.17) is 4.74 Å². The summed E-state index contributed by atoms with van der Waals surface area (Å²) in [7, 11) is 0. The van der Waals surface area contributed by atoms with Crippen LogP contribution >= 0.6 is 0 Å². The number of amides is 1. The Kier molecular flexibility index (Phi) is 3.81. The van der Waals surface area contributed by atoms with E-state index >= 15 is 0 Å². The second-order valence-corrected chi connectivity index (χ2v) is 5.28. The minimum Gasteiger partial charge on any atom is -0.388 e. The number of nitrogens with zero attached hydrogens (tertiary/aromatic N) is 2. The van der Waals surface area contributed by atoms with Gasteiger partial charge in [0.1, 0.15) is 0 Å². The smallest absolute Gasteiger partial charge is 0.251 e. The van der Waals surface area contributed by atoms with Gasteiger partial charge in [0, 0.05) is 50.6 Å². The zero-order chi connectivity index (χ0) is 14.7. The predicted octanol–water partition coefficient (Wildman–Crippen LogP) is 0.901. The van der Waals surface area contributed by atoms with E-state index < -0.39 is 5.60 Å². The summed E-state index contributed by atoms with van der Waals surface area (Å²) in [5.74, 6) is -0.220. The van der Waals surface area contributed by atoms with Gasteiger partial charge < -0.3 is 15.2 Å². The molecular formula is C15H17N3O3. The Morgan fingerprint density at radius 1 is 1.24 bits per heavy atom. The van der Waals surface area contributed by atoms with Crippen molar-refractivity contribution in [2.75, 3.05) is 19.8 Å². The molecule has 0 radical (unpaired) electrons. The number of hydrogen-bond acceptors (Lipinski definition) is 5. The summed E-state index contributed by atoms with van der Waals surface area (Å²) < 4.78 is 5.22. The molecule has 2 aromatic rings. The molecule has 1 aromatic heterocycles. The molecule has 1 aromatic carbocycles. The number of hydrogen-bond donors (Lipinski definition) is 2. The molecule has 1 fully saturated rings.